The van der Waals surface area contributed by atoms with Gasteiger partial charge < -0.3 is 10.2 Å². The van der Waals surface area contributed by atoms with Crippen molar-refractivity contribution in [3.05, 3.63) is 11.6 Å². The molecule has 1 aliphatic rings. The van der Waals surface area contributed by atoms with Gasteiger partial charge in [0.2, 0.25) is 0 Å². The molecule has 0 unspecified atom stereocenters. The number of allylic oxidation sites excluding steroid dienone is 1. The number of hydrogen-bond donors (Lipinski definition) is 1. The van der Waals surface area contributed by atoms with E-state index in [2.05, 4.69) is 37.1 Å². The van der Waals surface area contributed by atoms with Gasteiger partial charge in [-0.1, -0.05) is 18.6 Å². The molecule has 0 aromatic carbocycles. The summed E-state index contributed by atoms with van der Waals surface area (Å²) in [4.78, 5) is 2.55. The fourth-order valence-corrected chi connectivity index (χ4v) is 2.07. The molecule has 0 radical (unpaired) electrons. The van der Waals surface area contributed by atoms with Gasteiger partial charge in [0.1, 0.15) is 0 Å². The van der Waals surface area contributed by atoms with E-state index < -0.39 is 0 Å². The van der Waals surface area contributed by atoms with Crippen LogP contribution < -0.4 is 5.32 Å². The van der Waals surface area contributed by atoms with Crippen molar-refractivity contribution in [1.29, 1.82) is 0 Å². The van der Waals surface area contributed by atoms with Crippen LogP contribution in [0.3, 0.4) is 0 Å². The van der Waals surface area contributed by atoms with Crippen LogP contribution in [0.5, 0.6) is 0 Å². The SMILES string of the molecule is CCN1CCC(CNCC=C(C)C)CC1. The molecule has 1 saturated heterocycles. The molecular formula is C13H26N2. The molecule has 1 N–H and O–H groups in total. The first-order chi connectivity index (χ1) is 7.22. The second-order valence-corrected chi connectivity index (χ2v) is 4.82. The molecule has 0 amide bonds. The molecule has 1 aliphatic heterocycles. The number of nitrogens with one attached hydrogen (secondary N) is 1. The van der Waals surface area contributed by atoms with E-state index in [1.165, 1.54) is 44.6 Å². The normalized spacial score (nSPS) is 19.1. The second-order valence-electron chi connectivity index (χ2n) is 4.82. The smallest absolute Gasteiger partial charge is 0.0137 e. The quantitative estimate of drug-likeness (QED) is 0.553. The van der Waals surface area contributed by atoms with Gasteiger partial charge in [-0.3, -0.25) is 0 Å². The number of rotatable bonds is 5. The molecule has 0 bridgehead atoms. The lowest BCUT2D eigenvalue weighted by Crippen LogP contribution is -2.37. The number of piperidine rings is 1. The Balaban J connectivity index is 2.06. The summed E-state index contributed by atoms with van der Waals surface area (Å²) in [7, 11) is 0. The Morgan fingerprint density at radius 1 is 1.33 bits per heavy atom. The number of hydrogen-bond acceptors (Lipinski definition) is 2. The van der Waals surface area contributed by atoms with Crippen molar-refractivity contribution in [2.75, 3.05) is 32.7 Å². The van der Waals surface area contributed by atoms with Crippen LogP contribution >= 0.6 is 0 Å². The minimum Gasteiger partial charge on any atom is -0.313 e. The summed E-state index contributed by atoms with van der Waals surface area (Å²) in [6.07, 6.45) is 5.01. The summed E-state index contributed by atoms with van der Waals surface area (Å²) < 4.78 is 0. The van der Waals surface area contributed by atoms with Crippen LogP contribution in [0.1, 0.15) is 33.6 Å². The standard InChI is InChI=1S/C13H26N2/c1-4-15-9-6-13(7-10-15)11-14-8-5-12(2)3/h5,13-14H,4,6-11H2,1-3H3. The fourth-order valence-electron chi connectivity index (χ4n) is 2.07. The zero-order valence-electron chi connectivity index (χ0n) is 10.6. The Hall–Kier alpha value is -0.340. The summed E-state index contributed by atoms with van der Waals surface area (Å²) in [6.45, 7) is 12.6. The molecule has 2 heteroatoms. The van der Waals surface area contributed by atoms with Gasteiger partial charge in [-0.25, -0.2) is 0 Å². The molecule has 0 aromatic rings. The van der Waals surface area contributed by atoms with Crippen molar-refractivity contribution in [2.45, 2.75) is 33.6 Å². The molecular weight excluding hydrogens is 184 g/mol. The molecule has 2 nitrogen and oxygen atoms in total. The fraction of sp³-hybridized carbons (Fsp3) is 0.846. The van der Waals surface area contributed by atoms with Crippen LogP contribution in [-0.2, 0) is 0 Å². The minimum atomic E-state index is 0.901. The largest absolute Gasteiger partial charge is 0.313 e. The molecule has 0 atom stereocenters. The molecule has 1 heterocycles. The first kappa shape index (κ1) is 12.7. The van der Waals surface area contributed by atoms with E-state index in [9.17, 15) is 0 Å². The average molecular weight is 210 g/mol. The van der Waals surface area contributed by atoms with E-state index in [4.69, 9.17) is 0 Å². The molecule has 0 spiro atoms. The van der Waals surface area contributed by atoms with Gasteiger partial charge in [0.15, 0.2) is 0 Å². The molecule has 88 valence electrons. The van der Waals surface area contributed by atoms with Gasteiger partial charge in [-0.15, -0.1) is 0 Å². The minimum absolute atomic E-state index is 0.901. The maximum Gasteiger partial charge on any atom is 0.0137 e. The third kappa shape index (κ3) is 5.33. The van der Waals surface area contributed by atoms with Crippen LogP contribution in [0.4, 0.5) is 0 Å². The van der Waals surface area contributed by atoms with Crippen LogP contribution in [-0.4, -0.2) is 37.6 Å². The highest BCUT2D eigenvalue weighted by molar-refractivity contribution is 4.94. The molecule has 15 heavy (non-hydrogen) atoms. The van der Waals surface area contributed by atoms with Gasteiger partial charge in [-0.2, -0.15) is 0 Å². The van der Waals surface area contributed by atoms with Crippen LogP contribution in [0, 0.1) is 5.92 Å². The average Bonchev–Trinajstić information content (AvgIpc) is 2.25. The highest BCUT2D eigenvalue weighted by Crippen LogP contribution is 2.15. The highest BCUT2D eigenvalue weighted by Gasteiger charge is 2.16. The van der Waals surface area contributed by atoms with E-state index >= 15 is 0 Å². The molecule has 1 rings (SSSR count). The van der Waals surface area contributed by atoms with E-state index in [1.54, 1.807) is 0 Å². The Labute approximate surface area is 94.7 Å². The first-order valence-corrected chi connectivity index (χ1v) is 6.28. The number of nitrogens with zero attached hydrogens (tertiary/aromatic N) is 1. The van der Waals surface area contributed by atoms with E-state index in [0.29, 0.717) is 0 Å². The predicted molar refractivity (Wildman–Crippen MR) is 67.1 cm³/mol. The molecule has 0 saturated carbocycles. The summed E-state index contributed by atoms with van der Waals surface area (Å²) in [5.74, 6) is 0.901. The monoisotopic (exact) mass is 210 g/mol. The van der Waals surface area contributed by atoms with E-state index in [1.807, 2.05) is 0 Å². The highest BCUT2D eigenvalue weighted by atomic mass is 15.1. The van der Waals surface area contributed by atoms with Crippen molar-refractivity contribution in [2.24, 2.45) is 5.92 Å². The summed E-state index contributed by atoms with van der Waals surface area (Å²) in [6, 6.07) is 0. The lowest BCUT2D eigenvalue weighted by Gasteiger charge is -2.31. The Kier molecular flexibility index (Phi) is 5.96. The Morgan fingerprint density at radius 3 is 2.53 bits per heavy atom. The first-order valence-electron chi connectivity index (χ1n) is 6.28. The summed E-state index contributed by atoms with van der Waals surface area (Å²) >= 11 is 0. The van der Waals surface area contributed by atoms with Gasteiger partial charge in [0, 0.05) is 6.54 Å². The van der Waals surface area contributed by atoms with Gasteiger partial charge in [0.05, 0.1) is 0 Å². The van der Waals surface area contributed by atoms with Crippen molar-refractivity contribution in [3.8, 4) is 0 Å². The van der Waals surface area contributed by atoms with E-state index in [0.717, 1.165) is 12.5 Å². The van der Waals surface area contributed by atoms with Gasteiger partial charge in [-0.05, 0) is 58.8 Å². The molecule has 0 aliphatic carbocycles. The zero-order valence-corrected chi connectivity index (χ0v) is 10.6. The van der Waals surface area contributed by atoms with Gasteiger partial charge in [0.25, 0.3) is 0 Å². The van der Waals surface area contributed by atoms with Crippen LogP contribution in [0.2, 0.25) is 0 Å². The molecule has 1 fully saturated rings. The Bertz CT molecular complexity index is 187. The molecule has 0 aromatic heterocycles. The lowest BCUT2D eigenvalue weighted by atomic mass is 9.97. The summed E-state index contributed by atoms with van der Waals surface area (Å²) in [5.41, 5.74) is 1.41. The number of likely N-dealkylation sites (tertiary alicyclic amines) is 1. The summed E-state index contributed by atoms with van der Waals surface area (Å²) in [5, 5.41) is 3.52. The second kappa shape index (κ2) is 7.02. The topological polar surface area (TPSA) is 15.3 Å². The third-order valence-electron chi connectivity index (χ3n) is 3.24. The van der Waals surface area contributed by atoms with Crippen molar-refractivity contribution in [1.82, 2.24) is 10.2 Å². The van der Waals surface area contributed by atoms with E-state index in [-0.39, 0.29) is 0 Å². The maximum atomic E-state index is 3.52. The third-order valence-corrected chi connectivity index (χ3v) is 3.24. The predicted octanol–water partition coefficient (Wildman–Crippen LogP) is 2.27. The lowest BCUT2D eigenvalue weighted by molar-refractivity contribution is 0.191. The van der Waals surface area contributed by atoms with Crippen molar-refractivity contribution < 1.29 is 0 Å². The van der Waals surface area contributed by atoms with Crippen molar-refractivity contribution >= 4 is 0 Å². The maximum absolute atomic E-state index is 3.52. The Morgan fingerprint density at radius 2 is 2.00 bits per heavy atom. The zero-order chi connectivity index (χ0) is 11.1. The van der Waals surface area contributed by atoms with Crippen molar-refractivity contribution in [3.63, 3.8) is 0 Å². The van der Waals surface area contributed by atoms with Gasteiger partial charge >= 0.3 is 0 Å². The van der Waals surface area contributed by atoms with Crippen LogP contribution in [0.15, 0.2) is 11.6 Å². The van der Waals surface area contributed by atoms with Crippen LogP contribution in [0.25, 0.3) is 0 Å².